The van der Waals surface area contributed by atoms with Gasteiger partial charge in [-0.3, -0.25) is 4.79 Å². The molecular weight excluding hydrogens is 254 g/mol. The molecule has 0 saturated carbocycles. The van der Waals surface area contributed by atoms with E-state index >= 15 is 0 Å². The summed E-state index contributed by atoms with van der Waals surface area (Å²) in [6.07, 6.45) is -1.71. The summed E-state index contributed by atoms with van der Waals surface area (Å²) < 4.78 is 8.88. The fourth-order valence-electron chi connectivity index (χ4n) is 1.43. The van der Waals surface area contributed by atoms with Crippen LogP contribution in [0.5, 0.6) is 0 Å². The molecule has 7 nitrogen and oxygen atoms in total. The maximum atomic E-state index is 11.3. The first-order valence-electron chi connectivity index (χ1n) is 5.46. The van der Waals surface area contributed by atoms with Crippen molar-refractivity contribution in [2.75, 3.05) is 14.2 Å². The zero-order valence-corrected chi connectivity index (χ0v) is 10.6. The van der Waals surface area contributed by atoms with Gasteiger partial charge in [0.25, 0.3) is 0 Å². The maximum absolute atomic E-state index is 11.3. The molecule has 2 atom stereocenters. The van der Waals surface area contributed by atoms with E-state index in [1.165, 1.54) is 32.5 Å². The zero-order chi connectivity index (χ0) is 14.4. The van der Waals surface area contributed by atoms with Crippen molar-refractivity contribution in [3.63, 3.8) is 0 Å². The second kappa shape index (κ2) is 6.81. The number of carbonyl (C=O) groups is 2. The molecule has 1 rings (SSSR count). The molecular formula is C12H15NO6. The first kappa shape index (κ1) is 15.1. The minimum absolute atomic E-state index is 0.00400. The number of methoxy groups -OCH3 is 2. The van der Waals surface area contributed by atoms with Crippen molar-refractivity contribution in [2.24, 2.45) is 0 Å². The van der Waals surface area contributed by atoms with Gasteiger partial charge in [-0.1, -0.05) is 0 Å². The number of hydrogen-bond donors (Lipinski definition) is 2. The van der Waals surface area contributed by atoms with Crippen LogP contribution in [0.2, 0.25) is 0 Å². The average molecular weight is 269 g/mol. The quantitative estimate of drug-likeness (QED) is 0.714. The van der Waals surface area contributed by atoms with E-state index in [9.17, 15) is 19.8 Å². The predicted octanol–water partition coefficient (Wildman–Crippen LogP) is -0.174. The average Bonchev–Trinajstić information content (AvgIpc) is 2.45. The molecule has 0 aliphatic carbocycles. The lowest BCUT2D eigenvalue weighted by atomic mass is 10.0. The topological polar surface area (TPSA) is 106 Å². The minimum atomic E-state index is -1.33. The van der Waals surface area contributed by atoms with Gasteiger partial charge in [0.15, 0.2) is 0 Å². The highest BCUT2D eigenvalue weighted by Gasteiger charge is 2.23. The number of nitrogens with zero attached hydrogens (tertiary/aromatic N) is 1. The Bertz CT molecular complexity index is 461. The van der Waals surface area contributed by atoms with Gasteiger partial charge < -0.3 is 19.7 Å². The lowest BCUT2D eigenvalue weighted by Gasteiger charge is -2.17. The Hall–Kier alpha value is -1.99. The molecule has 0 aromatic carbocycles. The summed E-state index contributed by atoms with van der Waals surface area (Å²) in [5.41, 5.74) is 0.260. The maximum Gasteiger partial charge on any atom is 0.356 e. The third kappa shape index (κ3) is 4.01. The van der Waals surface area contributed by atoms with Crippen LogP contribution >= 0.6 is 0 Å². The van der Waals surface area contributed by atoms with Crippen LogP contribution in [0.1, 0.15) is 28.6 Å². The Morgan fingerprint density at radius 2 is 2.00 bits per heavy atom. The van der Waals surface area contributed by atoms with Crippen molar-refractivity contribution in [1.82, 2.24) is 4.98 Å². The first-order valence-corrected chi connectivity index (χ1v) is 5.46. The number of ether oxygens (including phenoxy) is 2. The van der Waals surface area contributed by atoms with Crippen molar-refractivity contribution in [3.05, 3.63) is 29.6 Å². The summed E-state index contributed by atoms with van der Waals surface area (Å²) in [5, 5.41) is 19.5. The Balaban J connectivity index is 2.84. The fourth-order valence-corrected chi connectivity index (χ4v) is 1.43. The highest BCUT2D eigenvalue weighted by Crippen LogP contribution is 2.19. The number of esters is 2. The second-order valence-electron chi connectivity index (χ2n) is 3.76. The van der Waals surface area contributed by atoms with E-state index in [1.807, 2.05) is 0 Å². The molecule has 1 aromatic heterocycles. The second-order valence-corrected chi connectivity index (χ2v) is 3.76. The van der Waals surface area contributed by atoms with Crippen molar-refractivity contribution in [3.8, 4) is 0 Å². The Labute approximate surface area is 109 Å². The third-order valence-corrected chi connectivity index (χ3v) is 2.49. The summed E-state index contributed by atoms with van der Waals surface area (Å²) in [7, 11) is 2.39. The van der Waals surface area contributed by atoms with E-state index in [2.05, 4.69) is 14.5 Å². The summed E-state index contributed by atoms with van der Waals surface area (Å²) in [5.74, 6) is -1.30. The van der Waals surface area contributed by atoms with E-state index in [0.29, 0.717) is 0 Å². The molecule has 0 aliphatic rings. The number of aliphatic hydroxyl groups is 2. The van der Waals surface area contributed by atoms with Crippen LogP contribution < -0.4 is 0 Å². The number of pyridine rings is 1. The molecule has 19 heavy (non-hydrogen) atoms. The molecule has 0 radical (unpaired) electrons. The molecule has 104 valence electrons. The number of carbonyl (C=O) groups excluding carboxylic acids is 2. The summed E-state index contributed by atoms with van der Waals surface area (Å²) in [6, 6.07) is 2.72. The molecule has 0 bridgehead atoms. The third-order valence-electron chi connectivity index (χ3n) is 2.49. The van der Waals surface area contributed by atoms with E-state index in [0.717, 1.165) is 0 Å². The van der Waals surface area contributed by atoms with E-state index in [4.69, 9.17) is 0 Å². The Morgan fingerprint density at radius 1 is 1.32 bits per heavy atom. The van der Waals surface area contributed by atoms with E-state index in [1.54, 1.807) is 0 Å². The zero-order valence-electron chi connectivity index (χ0n) is 10.6. The van der Waals surface area contributed by atoms with Crippen LogP contribution in [-0.4, -0.2) is 47.5 Å². The molecule has 2 N–H and O–H groups in total. The largest absolute Gasteiger partial charge is 0.469 e. The molecule has 1 heterocycles. The van der Waals surface area contributed by atoms with Crippen LogP contribution in [0.15, 0.2) is 18.3 Å². The molecule has 0 spiro atoms. The van der Waals surface area contributed by atoms with Gasteiger partial charge in [0.05, 0.1) is 26.7 Å². The van der Waals surface area contributed by atoms with Gasteiger partial charge in [0.1, 0.15) is 11.8 Å². The number of hydrogen-bond acceptors (Lipinski definition) is 7. The van der Waals surface area contributed by atoms with Crippen molar-refractivity contribution < 1.29 is 29.3 Å². The van der Waals surface area contributed by atoms with Crippen molar-refractivity contribution in [2.45, 2.75) is 18.6 Å². The van der Waals surface area contributed by atoms with Crippen LogP contribution in [0.4, 0.5) is 0 Å². The highest BCUT2D eigenvalue weighted by atomic mass is 16.5. The normalized spacial score (nSPS) is 13.5. The number of aliphatic hydroxyl groups excluding tert-OH is 2. The molecule has 0 amide bonds. The van der Waals surface area contributed by atoms with Gasteiger partial charge >= 0.3 is 11.9 Å². The summed E-state index contributed by atoms with van der Waals surface area (Å²) in [6.45, 7) is 0. The minimum Gasteiger partial charge on any atom is -0.469 e. The number of rotatable bonds is 5. The van der Waals surface area contributed by atoms with Crippen LogP contribution in [0.3, 0.4) is 0 Å². The molecule has 1 aromatic rings. The van der Waals surface area contributed by atoms with Gasteiger partial charge in [-0.2, -0.15) is 0 Å². The standard InChI is InChI=1S/C12H15NO6/c1-18-10(15)6-9(14)11(16)7-3-4-13-8(5-7)12(17)19-2/h3-5,9,11,14,16H,6H2,1-2H3. The van der Waals surface area contributed by atoms with E-state index in [-0.39, 0.29) is 17.7 Å². The van der Waals surface area contributed by atoms with Gasteiger partial charge in [-0.05, 0) is 17.7 Å². The Kier molecular flexibility index (Phi) is 5.40. The van der Waals surface area contributed by atoms with E-state index < -0.39 is 24.1 Å². The molecule has 7 heteroatoms. The smallest absolute Gasteiger partial charge is 0.356 e. The lowest BCUT2D eigenvalue weighted by Crippen LogP contribution is -2.23. The first-order chi connectivity index (χ1) is 8.99. The van der Waals surface area contributed by atoms with Crippen molar-refractivity contribution >= 4 is 11.9 Å². The Morgan fingerprint density at radius 3 is 2.58 bits per heavy atom. The molecule has 0 saturated heterocycles. The molecule has 0 aliphatic heterocycles. The van der Waals surface area contributed by atoms with Gasteiger partial charge in [0, 0.05) is 6.20 Å². The summed E-state index contributed by atoms with van der Waals surface area (Å²) >= 11 is 0. The SMILES string of the molecule is COC(=O)CC(O)C(O)c1ccnc(C(=O)OC)c1. The monoisotopic (exact) mass is 269 g/mol. The van der Waals surface area contributed by atoms with Crippen molar-refractivity contribution in [1.29, 1.82) is 0 Å². The van der Waals surface area contributed by atoms with Crippen LogP contribution in [0.25, 0.3) is 0 Å². The fraction of sp³-hybridized carbons (Fsp3) is 0.417. The van der Waals surface area contributed by atoms with Gasteiger partial charge in [-0.25, -0.2) is 9.78 Å². The predicted molar refractivity (Wildman–Crippen MR) is 63.2 cm³/mol. The van der Waals surface area contributed by atoms with Gasteiger partial charge in [-0.15, -0.1) is 0 Å². The van der Waals surface area contributed by atoms with Crippen LogP contribution in [-0.2, 0) is 14.3 Å². The van der Waals surface area contributed by atoms with Crippen LogP contribution in [0, 0.1) is 0 Å². The van der Waals surface area contributed by atoms with Gasteiger partial charge in [0.2, 0.25) is 0 Å². The lowest BCUT2D eigenvalue weighted by molar-refractivity contribution is -0.144. The highest BCUT2D eigenvalue weighted by molar-refractivity contribution is 5.87. The number of aromatic nitrogens is 1. The molecule has 0 fully saturated rings. The molecule has 2 unspecified atom stereocenters. The summed E-state index contributed by atoms with van der Waals surface area (Å²) in [4.78, 5) is 26.0.